The number of Topliss-reactive ketones (excluding diaryl/α,β-unsaturated/α-hetero) is 1. The molecule has 5 saturated carbocycles. The van der Waals surface area contributed by atoms with Gasteiger partial charge in [-0.2, -0.15) is 10.5 Å². The summed E-state index contributed by atoms with van der Waals surface area (Å²) >= 11 is 0. The second-order valence-corrected chi connectivity index (χ2v) is 9.43. The van der Waals surface area contributed by atoms with Crippen molar-refractivity contribution in [2.24, 2.45) is 40.4 Å². The van der Waals surface area contributed by atoms with E-state index in [1.54, 1.807) is 0 Å². The SMILES string of the molecule is N#CC1(C#N)[C@H](Cc2ccccc2)[C@H]1C(=O)C12CC3CC(CC(C3)C1)C2. The number of hydrogen-bond acceptors (Lipinski definition) is 3. The normalized spacial score (nSPS) is 41.2. The van der Waals surface area contributed by atoms with Crippen LogP contribution < -0.4 is 0 Å². The first-order valence-electron chi connectivity index (χ1n) is 10.0. The number of carbonyl (C=O) groups is 1. The Labute approximate surface area is 155 Å². The zero-order chi connectivity index (χ0) is 17.9. The van der Waals surface area contributed by atoms with Crippen molar-refractivity contribution >= 4 is 5.78 Å². The molecule has 1 aromatic carbocycles. The van der Waals surface area contributed by atoms with E-state index < -0.39 is 5.41 Å². The van der Waals surface area contributed by atoms with Gasteiger partial charge in [0, 0.05) is 11.3 Å². The molecule has 0 aromatic heterocycles. The fourth-order valence-corrected chi connectivity index (χ4v) is 7.07. The van der Waals surface area contributed by atoms with Gasteiger partial charge in [-0.25, -0.2) is 0 Å². The minimum atomic E-state index is -1.10. The van der Waals surface area contributed by atoms with E-state index in [0.717, 1.165) is 24.8 Å². The van der Waals surface area contributed by atoms with Gasteiger partial charge in [0.25, 0.3) is 0 Å². The van der Waals surface area contributed by atoms with E-state index in [1.807, 2.05) is 30.3 Å². The van der Waals surface area contributed by atoms with Crippen molar-refractivity contribution in [1.82, 2.24) is 0 Å². The molecule has 5 fully saturated rings. The molecule has 4 bridgehead atoms. The van der Waals surface area contributed by atoms with Crippen LogP contribution in [0.25, 0.3) is 0 Å². The molecule has 0 unspecified atom stereocenters. The van der Waals surface area contributed by atoms with Gasteiger partial charge in [0.05, 0.1) is 18.1 Å². The predicted octanol–water partition coefficient (Wildman–Crippen LogP) is 4.29. The Morgan fingerprint density at radius 2 is 1.50 bits per heavy atom. The van der Waals surface area contributed by atoms with Crippen LogP contribution in [0.4, 0.5) is 0 Å². The first-order chi connectivity index (χ1) is 12.6. The third-order valence-electron chi connectivity index (χ3n) is 7.88. The van der Waals surface area contributed by atoms with Crippen LogP contribution in [0.5, 0.6) is 0 Å². The van der Waals surface area contributed by atoms with Crippen molar-refractivity contribution in [3.63, 3.8) is 0 Å². The number of nitrogens with zero attached hydrogens (tertiary/aromatic N) is 2. The van der Waals surface area contributed by atoms with Crippen molar-refractivity contribution in [2.75, 3.05) is 0 Å². The van der Waals surface area contributed by atoms with Crippen LogP contribution in [0.1, 0.15) is 44.1 Å². The van der Waals surface area contributed by atoms with Gasteiger partial charge in [0.2, 0.25) is 0 Å². The van der Waals surface area contributed by atoms with Crippen molar-refractivity contribution in [3.8, 4) is 12.1 Å². The summed E-state index contributed by atoms with van der Waals surface area (Å²) in [7, 11) is 0. The fraction of sp³-hybridized carbons (Fsp3) is 0.609. The minimum Gasteiger partial charge on any atom is -0.299 e. The summed E-state index contributed by atoms with van der Waals surface area (Å²) in [5.41, 5.74) is -0.201. The van der Waals surface area contributed by atoms with Gasteiger partial charge >= 0.3 is 0 Å². The highest BCUT2D eigenvalue weighted by Gasteiger charge is 2.72. The molecular formula is C23H24N2O. The van der Waals surface area contributed by atoms with E-state index in [4.69, 9.17) is 0 Å². The Balaban J connectivity index is 1.44. The van der Waals surface area contributed by atoms with E-state index in [1.165, 1.54) is 19.3 Å². The average Bonchev–Trinajstić information content (AvgIpc) is 3.27. The molecular weight excluding hydrogens is 320 g/mol. The number of nitriles is 2. The van der Waals surface area contributed by atoms with Gasteiger partial charge in [-0.15, -0.1) is 0 Å². The summed E-state index contributed by atoms with van der Waals surface area (Å²) in [5, 5.41) is 19.6. The van der Waals surface area contributed by atoms with Crippen LogP contribution in [0.3, 0.4) is 0 Å². The van der Waals surface area contributed by atoms with Gasteiger partial charge in [0.15, 0.2) is 5.41 Å². The largest absolute Gasteiger partial charge is 0.299 e. The Kier molecular flexibility index (Phi) is 3.36. The molecule has 0 radical (unpaired) electrons. The molecule has 6 rings (SSSR count). The lowest BCUT2D eigenvalue weighted by Gasteiger charge is -2.56. The van der Waals surface area contributed by atoms with Crippen molar-refractivity contribution in [2.45, 2.75) is 44.9 Å². The highest BCUT2D eigenvalue weighted by Crippen LogP contribution is 2.67. The number of ketones is 1. The summed E-state index contributed by atoms with van der Waals surface area (Å²) in [6.45, 7) is 0. The Morgan fingerprint density at radius 1 is 0.962 bits per heavy atom. The highest BCUT2D eigenvalue weighted by molar-refractivity contribution is 5.92. The van der Waals surface area contributed by atoms with Crippen LogP contribution >= 0.6 is 0 Å². The summed E-state index contributed by atoms with van der Waals surface area (Å²) in [6.07, 6.45) is 7.59. The zero-order valence-electron chi connectivity index (χ0n) is 15.0. The number of carbonyl (C=O) groups excluding carboxylic acids is 1. The highest BCUT2D eigenvalue weighted by atomic mass is 16.1. The van der Waals surface area contributed by atoms with Crippen molar-refractivity contribution < 1.29 is 4.79 Å². The van der Waals surface area contributed by atoms with Crippen LogP contribution in [-0.2, 0) is 11.2 Å². The van der Waals surface area contributed by atoms with E-state index in [2.05, 4.69) is 12.1 Å². The number of benzene rings is 1. The molecule has 0 aliphatic heterocycles. The monoisotopic (exact) mass is 344 g/mol. The van der Waals surface area contributed by atoms with E-state index in [9.17, 15) is 15.3 Å². The fourth-order valence-electron chi connectivity index (χ4n) is 7.07. The molecule has 5 aliphatic rings. The maximum atomic E-state index is 13.7. The quantitative estimate of drug-likeness (QED) is 0.818. The predicted molar refractivity (Wildman–Crippen MR) is 96.4 cm³/mol. The molecule has 3 heteroatoms. The molecule has 1 aromatic rings. The second-order valence-electron chi connectivity index (χ2n) is 9.43. The van der Waals surface area contributed by atoms with Crippen molar-refractivity contribution in [1.29, 1.82) is 10.5 Å². The second kappa shape index (κ2) is 5.43. The molecule has 0 spiro atoms. The number of hydrogen-bond donors (Lipinski definition) is 0. The lowest BCUT2D eigenvalue weighted by atomic mass is 9.48. The lowest BCUT2D eigenvalue weighted by Crippen LogP contribution is -2.50. The van der Waals surface area contributed by atoms with Crippen LogP contribution in [0, 0.1) is 63.1 Å². The topological polar surface area (TPSA) is 64.7 Å². The molecule has 5 aliphatic carbocycles. The standard InChI is InChI=1S/C23H24N2O/c24-13-23(14-25)19(9-15-4-2-1-3-5-15)20(23)21(26)22-10-16-6-17(11-22)8-18(7-16)12-22/h1-5,16-20H,6-12H2/t16?,17?,18?,19-,20+,22?/m1/s1. The molecule has 0 saturated heterocycles. The van der Waals surface area contributed by atoms with Gasteiger partial charge in [0.1, 0.15) is 5.78 Å². The molecule has 0 N–H and O–H groups in total. The summed E-state index contributed by atoms with van der Waals surface area (Å²) in [4.78, 5) is 13.7. The van der Waals surface area contributed by atoms with Crippen LogP contribution in [0.2, 0.25) is 0 Å². The summed E-state index contributed by atoms with van der Waals surface area (Å²) in [6, 6.07) is 14.5. The van der Waals surface area contributed by atoms with E-state index in [0.29, 0.717) is 24.2 Å². The van der Waals surface area contributed by atoms with Gasteiger partial charge in [-0.1, -0.05) is 30.3 Å². The summed E-state index contributed by atoms with van der Waals surface area (Å²) < 4.78 is 0. The Bertz CT molecular complexity index is 779. The smallest absolute Gasteiger partial charge is 0.157 e. The molecule has 2 atom stereocenters. The molecule has 3 nitrogen and oxygen atoms in total. The third-order valence-corrected chi connectivity index (χ3v) is 7.88. The van der Waals surface area contributed by atoms with Gasteiger partial charge < -0.3 is 0 Å². The van der Waals surface area contributed by atoms with E-state index in [-0.39, 0.29) is 23.0 Å². The van der Waals surface area contributed by atoms with Crippen LogP contribution in [-0.4, -0.2) is 5.78 Å². The molecule has 132 valence electrons. The van der Waals surface area contributed by atoms with Gasteiger partial charge in [-0.3, -0.25) is 4.79 Å². The Hall–Kier alpha value is -2.13. The Morgan fingerprint density at radius 3 is 2.00 bits per heavy atom. The average molecular weight is 344 g/mol. The van der Waals surface area contributed by atoms with Crippen molar-refractivity contribution in [3.05, 3.63) is 35.9 Å². The molecule has 26 heavy (non-hydrogen) atoms. The molecule has 0 heterocycles. The molecule has 0 amide bonds. The van der Waals surface area contributed by atoms with Crippen LogP contribution in [0.15, 0.2) is 30.3 Å². The maximum absolute atomic E-state index is 13.7. The lowest BCUT2D eigenvalue weighted by molar-refractivity contribution is -0.146. The maximum Gasteiger partial charge on any atom is 0.157 e. The first-order valence-corrected chi connectivity index (χ1v) is 10.0. The number of rotatable bonds is 4. The van der Waals surface area contributed by atoms with Gasteiger partial charge in [-0.05, 0) is 68.3 Å². The van der Waals surface area contributed by atoms with E-state index >= 15 is 0 Å². The minimum absolute atomic E-state index is 0.139. The summed E-state index contributed by atoms with van der Waals surface area (Å²) in [5.74, 6) is 1.86. The first kappa shape index (κ1) is 16.1. The third kappa shape index (κ3) is 2.13. The zero-order valence-corrected chi connectivity index (χ0v) is 15.0.